The van der Waals surface area contributed by atoms with E-state index in [9.17, 15) is 9.00 Å². The van der Waals surface area contributed by atoms with Crippen LogP contribution >= 0.6 is 0 Å². The lowest BCUT2D eigenvalue weighted by Crippen LogP contribution is -2.17. The smallest absolute Gasteiger partial charge is 0.258 e. The quantitative estimate of drug-likeness (QED) is 0.910. The Balaban J connectivity index is 1.87. The zero-order chi connectivity index (χ0) is 15.1. The number of aromatic nitrogens is 2. The molecular weight excluding hydrogens is 302 g/mol. The standard InChI is InChI=1S/C15H13N3O3S/c19-14-8-15(22(20)17-14)18-13-3-1-2-11(12(13)9-16-18)10-4-6-21-7-5-10/h1-4,8-9H,5-7H2,(H,17,19). The van der Waals surface area contributed by atoms with Crippen LogP contribution in [-0.4, -0.2) is 33.1 Å². The van der Waals surface area contributed by atoms with Crippen molar-refractivity contribution in [1.82, 2.24) is 14.5 Å². The fraction of sp³-hybridized carbons (Fsp3) is 0.200. The number of amides is 1. The summed E-state index contributed by atoms with van der Waals surface area (Å²) in [4.78, 5) is 11.4. The maximum Gasteiger partial charge on any atom is 0.258 e. The minimum Gasteiger partial charge on any atom is -0.377 e. The third-order valence-electron chi connectivity index (χ3n) is 3.77. The number of nitrogens with one attached hydrogen (secondary N) is 1. The highest BCUT2D eigenvalue weighted by Crippen LogP contribution is 2.30. The van der Waals surface area contributed by atoms with Crippen LogP contribution in [0.3, 0.4) is 0 Å². The lowest BCUT2D eigenvalue weighted by atomic mass is 9.98. The fourth-order valence-corrected chi connectivity index (χ4v) is 3.62. The molecule has 6 nitrogen and oxygen atoms in total. The summed E-state index contributed by atoms with van der Waals surface area (Å²) in [5.41, 5.74) is 3.17. The van der Waals surface area contributed by atoms with Crippen LogP contribution in [0.4, 0.5) is 0 Å². The van der Waals surface area contributed by atoms with Gasteiger partial charge in [0.05, 0.1) is 24.9 Å². The Morgan fingerprint density at radius 1 is 1.36 bits per heavy atom. The summed E-state index contributed by atoms with van der Waals surface area (Å²) in [6.45, 7) is 1.33. The first kappa shape index (κ1) is 13.4. The van der Waals surface area contributed by atoms with E-state index in [1.54, 1.807) is 10.9 Å². The number of carbonyl (C=O) groups excluding carboxylic acids is 1. The Morgan fingerprint density at radius 2 is 2.27 bits per heavy atom. The Labute approximate surface area is 129 Å². The van der Waals surface area contributed by atoms with Gasteiger partial charge in [-0.05, 0) is 23.6 Å². The predicted molar refractivity (Wildman–Crippen MR) is 83.7 cm³/mol. The van der Waals surface area contributed by atoms with Gasteiger partial charge in [-0.25, -0.2) is 8.89 Å². The molecule has 3 heterocycles. The second kappa shape index (κ2) is 5.19. The molecule has 0 saturated heterocycles. The summed E-state index contributed by atoms with van der Waals surface area (Å²) in [5.74, 6) is -0.361. The van der Waals surface area contributed by atoms with Gasteiger partial charge in [-0.1, -0.05) is 18.2 Å². The molecule has 1 unspecified atom stereocenters. The third-order valence-corrected chi connectivity index (χ3v) is 4.83. The summed E-state index contributed by atoms with van der Waals surface area (Å²) in [6, 6.07) is 5.90. The first-order chi connectivity index (χ1) is 10.7. The molecule has 2 aromatic rings. The molecule has 0 saturated carbocycles. The Morgan fingerprint density at radius 3 is 3.00 bits per heavy atom. The van der Waals surface area contributed by atoms with Crippen molar-refractivity contribution in [3.8, 4) is 0 Å². The lowest BCUT2D eigenvalue weighted by molar-refractivity contribution is -0.114. The zero-order valence-electron chi connectivity index (χ0n) is 11.6. The molecule has 4 rings (SSSR count). The highest BCUT2D eigenvalue weighted by Gasteiger charge is 2.23. The third kappa shape index (κ3) is 2.10. The Hall–Kier alpha value is -2.25. The molecular formula is C15H13N3O3S. The van der Waals surface area contributed by atoms with Crippen molar-refractivity contribution in [2.75, 3.05) is 13.2 Å². The summed E-state index contributed by atoms with van der Waals surface area (Å²) < 4.78 is 21.2. The molecule has 22 heavy (non-hydrogen) atoms. The van der Waals surface area contributed by atoms with Crippen LogP contribution in [0.1, 0.15) is 12.0 Å². The molecule has 2 aliphatic rings. The van der Waals surface area contributed by atoms with Crippen LogP contribution < -0.4 is 4.72 Å². The molecule has 0 spiro atoms. The molecule has 1 amide bonds. The summed E-state index contributed by atoms with van der Waals surface area (Å²) in [6.07, 6.45) is 6.01. The molecule has 1 atom stereocenters. The van der Waals surface area contributed by atoms with Crippen LogP contribution in [0.15, 0.2) is 36.5 Å². The normalized spacial score (nSPS) is 21.6. The minimum atomic E-state index is -1.56. The van der Waals surface area contributed by atoms with Crippen molar-refractivity contribution in [2.45, 2.75) is 6.42 Å². The Bertz CT molecular complexity index is 866. The number of ether oxygens (including phenoxy) is 1. The summed E-state index contributed by atoms with van der Waals surface area (Å²) >= 11 is 0. The largest absolute Gasteiger partial charge is 0.377 e. The van der Waals surface area contributed by atoms with Gasteiger partial charge in [-0.15, -0.1) is 0 Å². The predicted octanol–water partition coefficient (Wildman–Crippen LogP) is 1.43. The van der Waals surface area contributed by atoms with E-state index in [-0.39, 0.29) is 5.91 Å². The SMILES string of the molecule is O=C1C=C(n2ncc3c(C4=CCOCC4)cccc32)S(=O)N1. The van der Waals surface area contributed by atoms with E-state index >= 15 is 0 Å². The molecule has 1 aromatic carbocycles. The zero-order valence-corrected chi connectivity index (χ0v) is 12.4. The molecule has 2 aliphatic heterocycles. The number of nitrogens with zero attached hydrogens (tertiary/aromatic N) is 2. The van der Waals surface area contributed by atoms with Gasteiger partial charge >= 0.3 is 0 Å². The number of benzene rings is 1. The molecule has 1 N–H and O–H groups in total. The Kier molecular flexibility index (Phi) is 3.16. The van der Waals surface area contributed by atoms with Gasteiger partial charge in [0, 0.05) is 11.5 Å². The first-order valence-electron chi connectivity index (χ1n) is 6.92. The number of fused-ring (bicyclic) bond motifs is 1. The van der Waals surface area contributed by atoms with Crippen LogP contribution in [0.25, 0.3) is 21.5 Å². The molecule has 0 radical (unpaired) electrons. The second-order valence-electron chi connectivity index (χ2n) is 5.07. The second-order valence-corrected chi connectivity index (χ2v) is 6.23. The number of rotatable bonds is 2. The molecule has 7 heteroatoms. The van der Waals surface area contributed by atoms with Gasteiger partial charge < -0.3 is 4.74 Å². The van der Waals surface area contributed by atoms with Crippen molar-refractivity contribution in [3.63, 3.8) is 0 Å². The first-order valence-corrected chi connectivity index (χ1v) is 8.07. The average molecular weight is 315 g/mol. The number of carbonyl (C=O) groups is 1. The van der Waals surface area contributed by atoms with Crippen molar-refractivity contribution >= 4 is 38.4 Å². The molecule has 0 fully saturated rings. The van der Waals surface area contributed by atoms with E-state index in [4.69, 9.17) is 4.74 Å². The van der Waals surface area contributed by atoms with Gasteiger partial charge in [0.15, 0.2) is 16.0 Å². The monoisotopic (exact) mass is 315 g/mol. The highest BCUT2D eigenvalue weighted by molar-refractivity contribution is 7.93. The average Bonchev–Trinajstić information content (AvgIpc) is 3.10. The molecule has 0 bridgehead atoms. The van der Waals surface area contributed by atoms with Crippen molar-refractivity contribution < 1.29 is 13.7 Å². The van der Waals surface area contributed by atoms with Gasteiger partial charge in [-0.3, -0.25) is 9.52 Å². The van der Waals surface area contributed by atoms with Crippen LogP contribution in [-0.2, 0) is 20.5 Å². The topological polar surface area (TPSA) is 73.2 Å². The van der Waals surface area contributed by atoms with E-state index in [0.29, 0.717) is 18.2 Å². The summed E-state index contributed by atoms with van der Waals surface area (Å²) in [5, 5.41) is 5.66. The van der Waals surface area contributed by atoms with E-state index in [0.717, 1.165) is 22.9 Å². The lowest BCUT2D eigenvalue weighted by Gasteiger charge is -2.14. The van der Waals surface area contributed by atoms with Crippen molar-refractivity contribution in [2.24, 2.45) is 0 Å². The van der Waals surface area contributed by atoms with Crippen molar-refractivity contribution in [1.29, 1.82) is 0 Å². The minimum absolute atomic E-state index is 0.359. The summed E-state index contributed by atoms with van der Waals surface area (Å²) in [7, 11) is -1.56. The van der Waals surface area contributed by atoms with E-state index in [1.807, 2.05) is 12.1 Å². The molecule has 1 aromatic heterocycles. The number of hydrogen-bond acceptors (Lipinski definition) is 4. The van der Waals surface area contributed by atoms with Gasteiger partial charge in [0.1, 0.15) is 0 Å². The molecule has 112 valence electrons. The fourth-order valence-electron chi connectivity index (χ4n) is 2.76. The maximum atomic E-state index is 11.9. The number of hydrogen-bond donors (Lipinski definition) is 1. The van der Waals surface area contributed by atoms with Gasteiger partial charge in [0.25, 0.3) is 5.91 Å². The maximum absolute atomic E-state index is 11.9. The van der Waals surface area contributed by atoms with Crippen LogP contribution in [0.2, 0.25) is 0 Å². The van der Waals surface area contributed by atoms with Crippen LogP contribution in [0.5, 0.6) is 0 Å². The van der Waals surface area contributed by atoms with E-state index < -0.39 is 11.0 Å². The van der Waals surface area contributed by atoms with Crippen molar-refractivity contribution in [3.05, 3.63) is 42.1 Å². The van der Waals surface area contributed by atoms with Gasteiger partial charge in [-0.2, -0.15) is 5.10 Å². The van der Waals surface area contributed by atoms with Crippen LogP contribution in [0, 0.1) is 0 Å². The van der Waals surface area contributed by atoms with E-state index in [1.165, 1.54) is 11.6 Å². The van der Waals surface area contributed by atoms with Gasteiger partial charge in [0.2, 0.25) is 0 Å². The van der Waals surface area contributed by atoms with E-state index in [2.05, 4.69) is 22.0 Å². The molecule has 0 aliphatic carbocycles. The highest BCUT2D eigenvalue weighted by atomic mass is 32.2.